The largest absolute Gasteiger partial charge is 0.496 e. The van der Waals surface area contributed by atoms with Crippen LogP contribution in [0.25, 0.3) is 0 Å². The summed E-state index contributed by atoms with van der Waals surface area (Å²) in [5.74, 6) is 1.31. The van der Waals surface area contributed by atoms with Crippen molar-refractivity contribution in [1.82, 2.24) is 0 Å². The molecule has 1 rings (SSSR count). The summed E-state index contributed by atoms with van der Waals surface area (Å²) in [5, 5.41) is 0. The molecular formula is C16H27NO2. The third kappa shape index (κ3) is 4.51. The quantitative estimate of drug-likeness (QED) is 0.824. The van der Waals surface area contributed by atoms with Crippen LogP contribution < -0.4 is 10.5 Å². The predicted octanol–water partition coefficient (Wildman–Crippen LogP) is 2.93. The number of ether oxygens (including phenoxy) is 2. The zero-order chi connectivity index (χ0) is 14.4. The SMILES string of the molecule is CCOC(C(C)C)C(N)Cc1cc(C)ccc1OC. The molecule has 0 fully saturated rings. The fourth-order valence-electron chi connectivity index (χ4n) is 2.44. The van der Waals surface area contributed by atoms with Crippen LogP contribution in [0, 0.1) is 12.8 Å². The molecule has 3 heteroatoms. The Morgan fingerprint density at radius 3 is 2.47 bits per heavy atom. The van der Waals surface area contributed by atoms with Gasteiger partial charge < -0.3 is 15.2 Å². The molecule has 0 aliphatic rings. The highest BCUT2D eigenvalue weighted by Crippen LogP contribution is 2.23. The summed E-state index contributed by atoms with van der Waals surface area (Å²) in [7, 11) is 1.70. The van der Waals surface area contributed by atoms with Gasteiger partial charge in [-0.1, -0.05) is 31.5 Å². The molecule has 1 aromatic carbocycles. The minimum absolute atomic E-state index is 0.0179. The van der Waals surface area contributed by atoms with Gasteiger partial charge in [-0.25, -0.2) is 0 Å². The molecule has 0 aliphatic carbocycles. The highest BCUT2D eigenvalue weighted by atomic mass is 16.5. The lowest BCUT2D eigenvalue weighted by Gasteiger charge is -2.27. The number of aryl methyl sites for hydroxylation is 1. The van der Waals surface area contributed by atoms with Gasteiger partial charge in [0.15, 0.2) is 0 Å². The molecule has 2 N–H and O–H groups in total. The monoisotopic (exact) mass is 265 g/mol. The van der Waals surface area contributed by atoms with Crippen molar-refractivity contribution < 1.29 is 9.47 Å². The lowest BCUT2D eigenvalue weighted by Crippen LogP contribution is -2.42. The predicted molar refractivity (Wildman–Crippen MR) is 79.7 cm³/mol. The Kier molecular flexibility index (Phi) is 6.32. The molecular weight excluding hydrogens is 238 g/mol. The van der Waals surface area contributed by atoms with E-state index < -0.39 is 0 Å². The van der Waals surface area contributed by atoms with E-state index in [4.69, 9.17) is 15.2 Å². The molecule has 0 heterocycles. The summed E-state index contributed by atoms with van der Waals surface area (Å²) >= 11 is 0. The molecule has 1 aromatic rings. The molecule has 0 spiro atoms. The van der Waals surface area contributed by atoms with Crippen molar-refractivity contribution in [2.75, 3.05) is 13.7 Å². The number of rotatable bonds is 7. The zero-order valence-electron chi connectivity index (χ0n) is 12.8. The fraction of sp³-hybridized carbons (Fsp3) is 0.625. The Morgan fingerprint density at radius 1 is 1.26 bits per heavy atom. The van der Waals surface area contributed by atoms with Crippen LogP contribution in [0.4, 0.5) is 0 Å². The van der Waals surface area contributed by atoms with Crippen LogP contribution in [0.15, 0.2) is 18.2 Å². The van der Waals surface area contributed by atoms with Gasteiger partial charge >= 0.3 is 0 Å². The minimum Gasteiger partial charge on any atom is -0.496 e. The summed E-state index contributed by atoms with van der Waals surface area (Å²) < 4.78 is 11.2. The lowest BCUT2D eigenvalue weighted by molar-refractivity contribution is 0.0127. The first-order chi connectivity index (χ1) is 8.99. The van der Waals surface area contributed by atoms with Crippen LogP contribution in [0.5, 0.6) is 5.75 Å². The Balaban J connectivity index is 2.85. The van der Waals surface area contributed by atoms with E-state index in [1.54, 1.807) is 7.11 Å². The van der Waals surface area contributed by atoms with E-state index in [1.807, 2.05) is 13.0 Å². The summed E-state index contributed by atoms with van der Waals surface area (Å²) in [6.07, 6.45) is 0.850. The Bertz CT molecular complexity index is 390. The topological polar surface area (TPSA) is 44.5 Å². The first kappa shape index (κ1) is 16.0. The average Bonchev–Trinajstić information content (AvgIpc) is 2.35. The Hall–Kier alpha value is -1.06. The van der Waals surface area contributed by atoms with Crippen molar-refractivity contribution in [3.8, 4) is 5.75 Å². The maximum atomic E-state index is 6.33. The molecule has 0 aliphatic heterocycles. The third-order valence-corrected chi connectivity index (χ3v) is 3.33. The van der Waals surface area contributed by atoms with Crippen molar-refractivity contribution in [2.45, 2.75) is 46.3 Å². The molecule has 0 aromatic heterocycles. The van der Waals surface area contributed by atoms with Crippen molar-refractivity contribution >= 4 is 0 Å². The van der Waals surface area contributed by atoms with Crippen LogP contribution in [0.3, 0.4) is 0 Å². The van der Waals surface area contributed by atoms with Crippen LogP contribution in [-0.4, -0.2) is 25.9 Å². The molecule has 108 valence electrons. The number of methoxy groups -OCH3 is 1. The second-order valence-electron chi connectivity index (χ2n) is 5.35. The first-order valence-corrected chi connectivity index (χ1v) is 7.00. The maximum Gasteiger partial charge on any atom is 0.122 e. The zero-order valence-corrected chi connectivity index (χ0v) is 12.8. The van der Waals surface area contributed by atoms with Gasteiger partial charge in [-0.3, -0.25) is 0 Å². The van der Waals surface area contributed by atoms with Gasteiger partial charge in [0, 0.05) is 12.6 Å². The minimum atomic E-state index is -0.0179. The number of hydrogen-bond donors (Lipinski definition) is 1. The summed E-state index contributed by atoms with van der Waals surface area (Å²) in [4.78, 5) is 0. The van der Waals surface area contributed by atoms with Crippen molar-refractivity contribution in [1.29, 1.82) is 0 Å². The smallest absolute Gasteiger partial charge is 0.122 e. The van der Waals surface area contributed by atoms with E-state index in [9.17, 15) is 0 Å². The summed E-state index contributed by atoms with van der Waals surface area (Å²) in [6, 6.07) is 6.18. The van der Waals surface area contributed by atoms with Crippen LogP contribution in [-0.2, 0) is 11.2 Å². The van der Waals surface area contributed by atoms with Gasteiger partial charge in [-0.2, -0.15) is 0 Å². The standard InChI is InChI=1S/C16H27NO2/c1-6-19-16(11(2)3)14(17)10-13-9-12(4)7-8-15(13)18-5/h7-9,11,14,16H,6,10,17H2,1-5H3. The Morgan fingerprint density at radius 2 is 1.95 bits per heavy atom. The molecule has 2 unspecified atom stereocenters. The molecule has 19 heavy (non-hydrogen) atoms. The summed E-state index contributed by atoms with van der Waals surface area (Å²) in [6.45, 7) is 9.08. The van der Waals surface area contributed by atoms with Gasteiger partial charge in [0.25, 0.3) is 0 Å². The first-order valence-electron chi connectivity index (χ1n) is 7.00. The highest BCUT2D eigenvalue weighted by molar-refractivity contribution is 5.37. The maximum absolute atomic E-state index is 6.33. The van der Waals surface area contributed by atoms with Crippen molar-refractivity contribution in [3.63, 3.8) is 0 Å². The van der Waals surface area contributed by atoms with Crippen molar-refractivity contribution in [3.05, 3.63) is 29.3 Å². The van der Waals surface area contributed by atoms with Gasteiger partial charge in [0.1, 0.15) is 5.75 Å². The van der Waals surface area contributed by atoms with E-state index in [-0.39, 0.29) is 12.1 Å². The molecule has 0 saturated heterocycles. The van der Waals surface area contributed by atoms with E-state index >= 15 is 0 Å². The fourth-order valence-corrected chi connectivity index (χ4v) is 2.44. The Labute approximate surface area is 117 Å². The lowest BCUT2D eigenvalue weighted by atomic mass is 9.93. The normalized spacial score (nSPS) is 14.5. The van der Waals surface area contributed by atoms with Gasteiger partial charge in [-0.15, -0.1) is 0 Å². The van der Waals surface area contributed by atoms with Gasteiger partial charge in [0.05, 0.1) is 13.2 Å². The van der Waals surface area contributed by atoms with Gasteiger partial charge in [-0.05, 0) is 37.8 Å². The van der Waals surface area contributed by atoms with E-state index in [0.29, 0.717) is 12.5 Å². The van der Waals surface area contributed by atoms with Crippen LogP contribution >= 0.6 is 0 Å². The van der Waals surface area contributed by atoms with Gasteiger partial charge in [0.2, 0.25) is 0 Å². The molecule has 0 bridgehead atoms. The number of nitrogens with two attached hydrogens (primary N) is 1. The molecule has 3 nitrogen and oxygen atoms in total. The van der Waals surface area contributed by atoms with Crippen molar-refractivity contribution in [2.24, 2.45) is 11.7 Å². The number of hydrogen-bond acceptors (Lipinski definition) is 3. The molecule has 0 radical (unpaired) electrons. The molecule has 2 atom stereocenters. The molecule has 0 amide bonds. The average molecular weight is 265 g/mol. The van der Waals surface area contributed by atoms with E-state index in [2.05, 4.69) is 32.9 Å². The highest BCUT2D eigenvalue weighted by Gasteiger charge is 2.23. The van der Waals surface area contributed by atoms with E-state index in [0.717, 1.165) is 17.7 Å². The molecule has 0 saturated carbocycles. The van der Waals surface area contributed by atoms with Crippen LogP contribution in [0.2, 0.25) is 0 Å². The summed E-state index contributed by atoms with van der Waals surface area (Å²) in [5.41, 5.74) is 8.71. The second kappa shape index (κ2) is 7.51. The van der Waals surface area contributed by atoms with E-state index in [1.165, 1.54) is 5.56 Å². The van der Waals surface area contributed by atoms with Crippen LogP contribution in [0.1, 0.15) is 31.9 Å². The number of benzene rings is 1. The second-order valence-corrected chi connectivity index (χ2v) is 5.35. The third-order valence-electron chi connectivity index (χ3n) is 3.33.